The zero-order valence-electron chi connectivity index (χ0n) is 15.5. The summed E-state index contributed by atoms with van der Waals surface area (Å²) in [6.07, 6.45) is 13.6. The van der Waals surface area contributed by atoms with E-state index in [2.05, 4.69) is 9.97 Å². The molecule has 0 aromatic carbocycles. The van der Waals surface area contributed by atoms with Gasteiger partial charge in [0.25, 0.3) is 11.5 Å². The third-order valence-corrected chi connectivity index (χ3v) is 7.46. The summed E-state index contributed by atoms with van der Waals surface area (Å²) in [6, 6.07) is 0. The Morgan fingerprint density at radius 1 is 1.00 bits per heavy atom. The lowest BCUT2D eigenvalue weighted by molar-refractivity contribution is -0.00955. The fourth-order valence-corrected chi connectivity index (χ4v) is 6.66. The van der Waals surface area contributed by atoms with Gasteiger partial charge in [-0.15, -0.1) is 0 Å². The molecule has 1 amide bonds. The van der Waals surface area contributed by atoms with Crippen molar-refractivity contribution in [1.29, 1.82) is 0 Å². The number of hydrogen-bond donors (Lipinski definition) is 1. The number of hydrogen-bond acceptors (Lipinski definition) is 3. The molecule has 2 heterocycles. The van der Waals surface area contributed by atoms with Crippen molar-refractivity contribution in [3.8, 4) is 0 Å². The number of aromatic nitrogens is 2. The van der Waals surface area contributed by atoms with Crippen LogP contribution in [0.3, 0.4) is 0 Å². The molecule has 4 saturated carbocycles. The summed E-state index contributed by atoms with van der Waals surface area (Å²) < 4.78 is 0. The van der Waals surface area contributed by atoms with Crippen molar-refractivity contribution >= 4 is 5.91 Å². The Labute approximate surface area is 154 Å². The molecule has 4 aliphatic carbocycles. The normalized spacial score (nSPS) is 36.2. The minimum absolute atomic E-state index is 0.0676. The molecule has 0 atom stereocenters. The molecule has 1 saturated heterocycles. The van der Waals surface area contributed by atoms with Crippen molar-refractivity contribution in [1.82, 2.24) is 14.9 Å². The van der Waals surface area contributed by atoms with Crippen molar-refractivity contribution in [2.24, 2.45) is 17.8 Å². The molecule has 5 heteroatoms. The average molecular weight is 355 g/mol. The maximum Gasteiger partial charge on any atom is 0.263 e. The van der Waals surface area contributed by atoms with Gasteiger partial charge in [0.15, 0.2) is 0 Å². The van der Waals surface area contributed by atoms with Gasteiger partial charge >= 0.3 is 0 Å². The summed E-state index contributed by atoms with van der Waals surface area (Å²) in [6.45, 7) is 1.52. The van der Waals surface area contributed by atoms with E-state index >= 15 is 0 Å². The first-order valence-corrected chi connectivity index (χ1v) is 10.5. The van der Waals surface area contributed by atoms with E-state index in [1.807, 2.05) is 4.90 Å². The number of carbonyl (C=O) groups is 1. The molecule has 26 heavy (non-hydrogen) atoms. The Morgan fingerprint density at radius 2 is 1.58 bits per heavy atom. The third-order valence-electron chi connectivity index (χ3n) is 7.46. The predicted octanol–water partition coefficient (Wildman–Crippen LogP) is 3.25. The van der Waals surface area contributed by atoms with Crippen LogP contribution in [0.5, 0.6) is 0 Å². The second-order valence-electron chi connectivity index (χ2n) is 9.38. The minimum Gasteiger partial charge on any atom is -0.338 e. The van der Waals surface area contributed by atoms with Gasteiger partial charge in [0.1, 0.15) is 11.4 Å². The summed E-state index contributed by atoms with van der Waals surface area (Å²) in [7, 11) is 0. The first kappa shape index (κ1) is 16.5. The standard InChI is InChI=1S/C21H29N3O2/c25-18-17(19(26)24-5-3-1-2-4-6-24)13-22-20(23-18)21-10-14-7-15(11-21)9-16(8-14)12-21/h13-16H,1-12H2,(H,22,23,25). The summed E-state index contributed by atoms with van der Waals surface area (Å²) in [5.41, 5.74) is 0.0540. The van der Waals surface area contributed by atoms with Crippen LogP contribution >= 0.6 is 0 Å². The Kier molecular flexibility index (Phi) is 3.94. The van der Waals surface area contributed by atoms with Crippen molar-refractivity contribution in [2.75, 3.05) is 13.1 Å². The average Bonchev–Trinajstić information content (AvgIpc) is 2.89. The number of H-pyrrole nitrogens is 1. The summed E-state index contributed by atoms with van der Waals surface area (Å²) >= 11 is 0. The SMILES string of the molecule is O=C(c1cnc(C23CC4CC(CC(C4)C2)C3)[nH]c1=O)N1CCCCCC1. The van der Waals surface area contributed by atoms with Gasteiger partial charge in [0.05, 0.1) is 0 Å². The topological polar surface area (TPSA) is 66.1 Å². The lowest BCUT2D eigenvalue weighted by atomic mass is 9.49. The molecule has 0 unspecified atom stereocenters. The number of likely N-dealkylation sites (tertiary alicyclic amines) is 1. The van der Waals surface area contributed by atoms with Gasteiger partial charge in [-0.1, -0.05) is 12.8 Å². The smallest absolute Gasteiger partial charge is 0.263 e. The quantitative estimate of drug-likeness (QED) is 0.885. The van der Waals surface area contributed by atoms with Crippen molar-refractivity contribution < 1.29 is 4.79 Å². The van der Waals surface area contributed by atoms with Crippen LogP contribution in [0, 0.1) is 17.8 Å². The van der Waals surface area contributed by atoms with Crippen LogP contribution < -0.4 is 5.56 Å². The van der Waals surface area contributed by atoms with Crippen LogP contribution in [-0.2, 0) is 5.41 Å². The molecule has 1 aromatic rings. The molecule has 5 fully saturated rings. The lowest BCUT2D eigenvalue weighted by Crippen LogP contribution is -2.50. The third kappa shape index (κ3) is 2.71. The Hall–Kier alpha value is -1.65. The molecule has 0 spiro atoms. The molecule has 5 aliphatic rings. The second-order valence-corrected chi connectivity index (χ2v) is 9.38. The van der Waals surface area contributed by atoms with Crippen LogP contribution in [0.2, 0.25) is 0 Å². The van der Waals surface area contributed by atoms with E-state index in [9.17, 15) is 9.59 Å². The highest BCUT2D eigenvalue weighted by Gasteiger charge is 2.53. The summed E-state index contributed by atoms with van der Waals surface area (Å²) in [5.74, 6) is 3.15. The summed E-state index contributed by atoms with van der Waals surface area (Å²) in [5, 5.41) is 0. The van der Waals surface area contributed by atoms with Gasteiger partial charge in [-0.2, -0.15) is 0 Å². The number of amides is 1. The first-order chi connectivity index (χ1) is 12.6. The van der Waals surface area contributed by atoms with E-state index in [0.29, 0.717) is 0 Å². The number of rotatable bonds is 2. The van der Waals surface area contributed by atoms with Crippen molar-refractivity contribution in [3.05, 3.63) is 27.9 Å². The molecule has 0 radical (unpaired) electrons. The molecule has 1 aliphatic heterocycles. The fourth-order valence-electron chi connectivity index (χ4n) is 6.66. The second kappa shape index (κ2) is 6.21. The van der Waals surface area contributed by atoms with Gasteiger partial charge in [0.2, 0.25) is 0 Å². The van der Waals surface area contributed by atoms with E-state index in [-0.39, 0.29) is 22.4 Å². The number of carbonyl (C=O) groups excluding carboxylic acids is 1. The van der Waals surface area contributed by atoms with Crippen molar-refractivity contribution in [2.45, 2.75) is 69.6 Å². The lowest BCUT2D eigenvalue weighted by Gasteiger charge is -2.56. The first-order valence-electron chi connectivity index (χ1n) is 10.5. The maximum atomic E-state index is 12.8. The number of aromatic amines is 1. The van der Waals surface area contributed by atoms with Crippen LogP contribution in [0.15, 0.2) is 11.0 Å². The fraction of sp³-hybridized carbons (Fsp3) is 0.762. The van der Waals surface area contributed by atoms with E-state index in [1.54, 1.807) is 6.20 Å². The minimum atomic E-state index is -0.236. The van der Waals surface area contributed by atoms with Crippen LogP contribution in [0.1, 0.15) is 80.4 Å². The maximum absolute atomic E-state index is 12.8. The van der Waals surface area contributed by atoms with Crippen LogP contribution in [-0.4, -0.2) is 33.9 Å². The highest BCUT2D eigenvalue weighted by Crippen LogP contribution is 2.59. The highest BCUT2D eigenvalue weighted by atomic mass is 16.2. The van der Waals surface area contributed by atoms with E-state index in [0.717, 1.165) is 49.5 Å². The van der Waals surface area contributed by atoms with E-state index < -0.39 is 0 Å². The molecular formula is C21H29N3O2. The molecule has 140 valence electrons. The van der Waals surface area contributed by atoms with E-state index in [4.69, 9.17) is 0 Å². The van der Waals surface area contributed by atoms with Gasteiger partial charge in [-0.3, -0.25) is 9.59 Å². The number of nitrogens with one attached hydrogen (secondary N) is 1. The molecule has 1 N–H and O–H groups in total. The van der Waals surface area contributed by atoms with E-state index in [1.165, 1.54) is 51.4 Å². The monoisotopic (exact) mass is 355 g/mol. The molecule has 6 rings (SSSR count). The molecule has 4 bridgehead atoms. The molecule has 1 aromatic heterocycles. The van der Waals surface area contributed by atoms with Gasteiger partial charge in [-0.05, 0) is 69.1 Å². The predicted molar refractivity (Wildman–Crippen MR) is 99.1 cm³/mol. The molecule has 5 nitrogen and oxygen atoms in total. The summed E-state index contributed by atoms with van der Waals surface area (Å²) in [4.78, 5) is 35.1. The molecular weight excluding hydrogens is 326 g/mol. The zero-order valence-corrected chi connectivity index (χ0v) is 15.5. The highest BCUT2D eigenvalue weighted by molar-refractivity contribution is 5.93. The largest absolute Gasteiger partial charge is 0.338 e. The Balaban J connectivity index is 1.42. The van der Waals surface area contributed by atoms with Gasteiger partial charge < -0.3 is 9.88 Å². The van der Waals surface area contributed by atoms with Crippen LogP contribution in [0.25, 0.3) is 0 Å². The Morgan fingerprint density at radius 3 is 2.12 bits per heavy atom. The van der Waals surface area contributed by atoms with Crippen LogP contribution in [0.4, 0.5) is 0 Å². The number of nitrogens with zero attached hydrogens (tertiary/aromatic N) is 2. The zero-order chi connectivity index (χ0) is 17.7. The van der Waals surface area contributed by atoms with Crippen molar-refractivity contribution in [3.63, 3.8) is 0 Å². The Bertz CT molecular complexity index is 725. The van der Waals surface area contributed by atoms with Gasteiger partial charge in [0, 0.05) is 24.7 Å². The van der Waals surface area contributed by atoms with Gasteiger partial charge in [-0.25, -0.2) is 4.98 Å².